The SMILES string of the molecule is C[Si](C)(OCc1ccccc1)c1ccccc1.C[Si](C)(OCc1ccccc1)c1ccccc1.C[Si](C)(OCc1ccccc1)c1ccccc1.OP(O)O. The molecule has 6 rings (SSSR count). The molecule has 6 nitrogen and oxygen atoms in total. The predicted molar refractivity (Wildman–Crippen MR) is 238 cm³/mol. The molecular formula is C45H57O6PSi3. The van der Waals surface area contributed by atoms with Gasteiger partial charge in [-0.2, -0.15) is 0 Å². The predicted octanol–water partition coefficient (Wildman–Crippen LogP) is 9.14. The van der Waals surface area contributed by atoms with Crippen LogP contribution in [0.1, 0.15) is 16.7 Å². The van der Waals surface area contributed by atoms with Crippen LogP contribution in [0.25, 0.3) is 0 Å². The van der Waals surface area contributed by atoms with Crippen LogP contribution >= 0.6 is 8.60 Å². The minimum atomic E-state index is -2.62. The van der Waals surface area contributed by atoms with Gasteiger partial charge in [-0.1, -0.05) is 182 Å². The average molecular weight is 809 g/mol. The van der Waals surface area contributed by atoms with E-state index in [2.05, 4.69) is 185 Å². The van der Waals surface area contributed by atoms with Crippen LogP contribution in [0, 0.1) is 0 Å². The van der Waals surface area contributed by atoms with Gasteiger partial charge in [0.05, 0.1) is 19.8 Å². The quantitative estimate of drug-likeness (QED) is 0.0845. The monoisotopic (exact) mass is 808 g/mol. The van der Waals surface area contributed by atoms with E-state index < -0.39 is 33.6 Å². The van der Waals surface area contributed by atoms with Crippen LogP contribution in [-0.2, 0) is 33.1 Å². The standard InChI is InChI=1S/3C15H18OSi.H3O3P/c3*1-17(2,15-11-7-4-8-12-15)16-13-14-9-5-3-6-10-14;1-4(2)3/h3*3-12H,13H2,1-2H3;1-3H. The molecule has 0 saturated carbocycles. The summed E-state index contributed by atoms with van der Waals surface area (Å²) in [4.78, 5) is 21.7. The fourth-order valence-corrected chi connectivity index (χ4v) is 10.4. The molecule has 290 valence electrons. The molecule has 6 aromatic carbocycles. The van der Waals surface area contributed by atoms with Gasteiger partial charge >= 0.3 is 8.60 Å². The smallest absolute Gasteiger partial charge is 0.324 e. The second-order valence-electron chi connectivity index (χ2n) is 14.2. The van der Waals surface area contributed by atoms with Crippen LogP contribution in [0.5, 0.6) is 0 Å². The lowest BCUT2D eigenvalue weighted by Gasteiger charge is -2.23. The molecule has 0 unspecified atom stereocenters. The Hall–Kier alpha value is -3.84. The third-order valence-electron chi connectivity index (χ3n) is 8.73. The third kappa shape index (κ3) is 18.1. The van der Waals surface area contributed by atoms with Crippen molar-refractivity contribution in [2.45, 2.75) is 59.1 Å². The zero-order valence-corrected chi connectivity index (χ0v) is 36.8. The van der Waals surface area contributed by atoms with Crippen LogP contribution in [0.3, 0.4) is 0 Å². The first-order valence-electron chi connectivity index (χ1n) is 18.4. The highest BCUT2D eigenvalue weighted by Gasteiger charge is 2.26. The number of rotatable bonds is 12. The zero-order chi connectivity index (χ0) is 40.0. The van der Waals surface area contributed by atoms with Crippen LogP contribution in [0.2, 0.25) is 39.3 Å². The molecule has 0 aliphatic carbocycles. The summed E-state index contributed by atoms with van der Waals surface area (Å²) in [5.41, 5.74) is 3.72. The highest BCUT2D eigenvalue weighted by molar-refractivity contribution is 7.38. The van der Waals surface area contributed by atoms with Crippen molar-refractivity contribution in [2.75, 3.05) is 0 Å². The Kier molecular flexibility index (Phi) is 19.8. The van der Waals surface area contributed by atoms with E-state index in [9.17, 15) is 0 Å². The molecule has 3 N–H and O–H groups in total. The van der Waals surface area contributed by atoms with Gasteiger partial charge in [-0.25, -0.2) is 0 Å². The van der Waals surface area contributed by atoms with E-state index in [0.29, 0.717) is 19.8 Å². The Morgan fingerprint density at radius 2 is 0.491 bits per heavy atom. The lowest BCUT2D eigenvalue weighted by Crippen LogP contribution is -2.44. The normalized spacial score (nSPS) is 11.2. The van der Waals surface area contributed by atoms with Crippen LogP contribution in [0.4, 0.5) is 0 Å². The summed E-state index contributed by atoms with van der Waals surface area (Å²) < 4.78 is 18.4. The second kappa shape index (κ2) is 23.9. The van der Waals surface area contributed by atoms with Crippen LogP contribution in [-0.4, -0.2) is 39.6 Å². The van der Waals surface area contributed by atoms with Crippen molar-refractivity contribution in [3.05, 3.63) is 199 Å². The topological polar surface area (TPSA) is 88.4 Å². The summed E-state index contributed by atoms with van der Waals surface area (Å²) >= 11 is 0. The Morgan fingerprint density at radius 1 is 0.327 bits per heavy atom. The van der Waals surface area contributed by atoms with E-state index in [1.54, 1.807) is 0 Å². The van der Waals surface area contributed by atoms with Gasteiger partial charge < -0.3 is 28.0 Å². The van der Waals surface area contributed by atoms with Crippen molar-refractivity contribution in [3.63, 3.8) is 0 Å². The Bertz CT molecular complexity index is 1630. The van der Waals surface area contributed by atoms with Gasteiger partial charge in [0.2, 0.25) is 25.0 Å². The van der Waals surface area contributed by atoms with Crippen molar-refractivity contribution >= 4 is 49.1 Å². The third-order valence-corrected chi connectivity index (χ3v) is 16.5. The molecule has 0 fully saturated rings. The fourth-order valence-electron chi connectivity index (χ4n) is 5.28. The molecule has 0 heterocycles. The zero-order valence-electron chi connectivity index (χ0n) is 33.0. The van der Waals surface area contributed by atoms with E-state index in [1.807, 2.05) is 36.4 Å². The van der Waals surface area contributed by atoms with E-state index in [-0.39, 0.29) is 0 Å². The molecule has 10 heteroatoms. The highest BCUT2D eigenvalue weighted by Crippen LogP contribution is 2.13. The molecular weight excluding hydrogens is 752 g/mol. The van der Waals surface area contributed by atoms with Gasteiger partial charge in [0.15, 0.2) is 0 Å². The van der Waals surface area contributed by atoms with Gasteiger partial charge in [0.1, 0.15) is 0 Å². The Labute approximate surface area is 333 Å². The number of hydrogen-bond acceptors (Lipinski definition) is 6. The largest absolute Gasteiger partial charge is 0.409 e. The van der Waals surface area contributed by atoms with Crippen molar-refractivity contribution < 1.29 is 28.0 Å². The van der Waals surface area contributed by atoms with Gasteiger partial charge in [-0.3, -0.25) is 0 Å². The maximum Gasteiger partial charge on any atom is 0.324 e. The van der Waals surface area contributed by atoms with Gasteiger partial charge in [0, 0.05) is 0 Å². The summed E-state index contributed by atoms with van der Waals surface area (Å²) in [6.45, 7) is 15.6. The molecule has 0 aromatic heterocycles. The molecule has 0 aliphatic heterocycles. The minimum Gasteiger partial charge on any atom is -0.409 e. The van der Waals surface area contributed by atoms with E-state index in [4.69, 9.17) is 28.0 Å². The molecule has 0 aliphatic rings. The molecule has 55 heavy (non-hydrogen) atoms. The lowest BCUT2D eigenvalue weighted by atomic mass is 10.2. The summed E-state index contributed by atoms with van der Waals surface area (Å²) in [7, 11) is -7.91. The molecule has 0 spiro atoms. The molecule has 0 saturated heterocycles. The Balaban J connectivity index is 0.000000211. The molecule has 0 bridgehead atoms. The number of hydrogen-bond donors (Lipinski definition) is 3. The van der Waals surface area contributed by atoms with Crippen molar-refractivity contribution in [1.29, 1.82) is 0 Å². The first-order valence-corrected chi connectivity index (χ1v) is 28.3. The maximum atomic E-state index is 7.23. The van der Waals surface area contributed by atoms with E-state index in [1.165, 1.54) is 32.3 Å². The molecule has 0 radical (unpaired) electrons. The molecule has 0 atom stereocenters. The van der Waals surface area contributed by atoms with Crippen molar-refractivity contribution in [2.24, 2.45) is 0 Å². The van der Waals surface area contributed by atoms with E-state index in [0.717, 1.165) is 0 Å². The summed E-state index contributed by atoms with van der Waals surface area (Å²) in [6.07, 6.45) is 0. The molecule has 6 aromatic rings. The van der Waals surface area contributed by atoms with E-state index >= 15 is 0 Å². The first-order chi connectivity index (χ1) is 26.3. The first kappa shape index (κ1) is 45.5. The second-order valence-corrected chi connectivity index (χ2v) is 26.4. The summed E-state index contributed by atoms with van der Waals surface area (Å²) in [5.74, 6) is 0. The summed E-state index contributed by atoms with van der Waals surface area (Å²) in [6, 6.07) is 62.6. The summed E-state index contributed by atoms with van der Waals surface area (Å²) in [5, 5.41) is 4.03. The van der Waals surface area contributed by atoms with Gasteiger partial charge in [-0.05, 0) is 71.5 Å². The van der Waals surface area contributed by atoms with Gasteiger partial charge in [-0.15, -0.1) is 0 Å². The lowest BCUT2D eigenvalue weighted by molar-refractivity contribution is 0.303. The minimum absolute atomic E-state index is 0.703. The van der Waals surface area contributed by atoms with Gasteiger partial charge in [0.25, 0.3) is 0 Å². The highest BCUT2D eigenvalue weighted by atomic mass is 31.2. The van der Waals surface area contributed by atoms with Crippen molar-refractivity contribution in [1.82, 2.24) is 0 Å². The van der Waals surface area contributed by atoms with Crippen LogP contribution in [0.15, 0.2) is 182 Å². The van der Waals surface area contributed by atoms with Crippen molar-refractivity contribution in [3.8, 4) is 0 Å². The molecule has 0 amide bonds. The fraction of sp³-hybridized carbons (Fsp3) is 0.200. The van der Waals surface area contributed by atoms with Crippen LogP contribution < -0.4 is 15.6 Å². The average Bonchev–Trinajstić information content (AvgIpc) is 3.21. The number of benzene rings is 6. The maximum absolute atomic E-state index is 7.23. The Morgan fingerprint density at radius 3 is 0.673 bits per heavy atom.